The van der Waals surface area contributed by atoms with Crippen LogP contribution in [0.5, 0.6) is 0 Å². The lowest BCUT2D eigenvalue weighted by Crippen LogP contribution is -2.35. The average molecular weight is 304 g/mol. The van der Waals surface area contributed by atoms with Crippen molar-refractivity contribution in [1.82, 2.24) is 4.31 Å². The Hall–Kier alpha value is -0.500. The molecular formula is C11H16N2O2S3. The molecule has 100 valence electrons. The maximum atomic E-state index is 12.5. The number of rotatable bonds is 6. The van der Waals surface area contributed by atoms with E-state index in [9.17, 15) is 8.42 Å². The lowest BCUT2D eigenvalue weighted by molar-refractivity contribution is 0.414. The number of hydrogen-bond donors (Lipinski definition) is 1. The minimum absolute atomic E-state index is 0.131. The van der Waals surface area contributed by atoms with Crippen LogP contribution in [0.25, 0.3) is 0 Å². The highest BCUT2D eigenvalue weighted by molar-refractivity contribution is 7.91. The van der Waals surface area contributed by atoms with Crippen LogP contribution < -0.4 is 5.73 Å². The van der Waals surface area contributed by atoms with Gasteiger partial charge in [0.2, 0.25) is 0 Å². The molecule has 0 amide bonds. The smallest absolute Gasteiger partial charge is 0.252 e. The van der Waals surface area contributed by atoms with E-state index in [0.29, 0.717) is 22.2 Å². The number of nitrogens with two attached hydrogens (primary N) is 1. The largest absolute Gasteiger partial charge is 0.393 e. The van der Waals surface area contributed by atoms with Crippen molar-refractivity contribution in [3.63, 3.8) is 0 Å². The van der Waals surface area contributed by atoms with Crippen molar-refractivity contribution in [2.75, 3.05) is 6.54 Å². The summed E-state index contributed by atoms with van der Waals surface area (Å²) < 4.78 is 26.9. The maximum absolute atomic E-state index is 12.5. The van der Waals surface area contributed by atoms with Crippen molar-refractivity contribution in [2.45, 2.75) is 36.4 Å². The molecular weight excluding hydrogens is 288 g/mol. The summed E-state index contributed by atoms with van der Waals surface area (Å²) in [6.45, 7) is 2.29. The Labute approximate surface area is 117 Å². The fraction of sp³-hybridized carbons (Fsp3) is 0.545. The van der Waals surface area contributed by atoms with Gasteiger partial charge >= 0.3 is 0 Å². The monoisotopic (exact) mass is 304 g/mol. The minimum Gasteiger partial charge on any atom is -0.393 e. The van der Waals surface area contributed by atoms with Crippen molar-refractivity contribution in [1.29, 1.82) is 0 Å². The Bertz CT molecular complexity index is 546. The molecule has 1 fully saturated rings. The molecule has 1 aliphatic rings. The van der Waals surface area contributed by atoms with Crippen LogP contribution in [0.1, 0.15) is 24.1 Å². The molecule has 1 saturated carbocycles. The van der Waals surface area contributed by atoms with Crippen molar-refractivity contribution < 1.29 is 8.42 Å². The highest BCUT2D eigenvalue weighted by atomic mass is 32.2. The number of sulfonamides is 1. The zero-order valence-electron chi connectivity index (χ0n) is 10.1. The predicted molar refractivity (Wildman–Crippen MR) is 77.4 cm³/mol. The molecule has 0 radical (unpaired) electrons. The average Bonchev–Trinajstić information content (AvgIpc) is 2.99. The van der Waals surface area contributed by atoms with Crippen molar-refractivity contribution in [3.05, 3.63) is 17.0 Å². The molecule has 4 nitrogen and oxygen atoms in total. The topological polar surface area (TPSA) is 63.4 Å². The summed E-state index contributed by atoms with van der Waals surface area (Å²) in [4.78, 5) is 1.36. The number of aryl methyl sites for hydroxylation is 1. The Morgan fingerprint density at radius 1 is 1.56 bits per heavy atom. The molecule has 1 aromatic rings. The fourth-order valence-corrected chi connectivity index (χ4v) is 4.94. The maximum Gasteiger partial charge on any atom is 0.252 e. The van der Waals surface area contributed by atoms with Gasteiger partial charge in [0.05, 0.1) is 4.99 Å². The van der Waals surface area contributed by atoms with Crippen LogP contribution in [-0.2, 0) is 10.0 Å². The molecule has 1 aliphatic carbocycles. The third kappa shape index (κ3) is 3.09. The third-order valence-corrected chi connectivity index (χ3v) is 6.44. The minimum atomic E-state index is -3.38. The molecule has 0 aromatic carbocycles. The second-order valence-electron chi connectivity index (χ2n) is 4.43. The molecule has 0 unspecified atom stereocenters. The molecule has 0 saturated heterocycles. The second kappa shape index (κ2) is 5.24. The van der Waals surface area contributed by atoms with Crippen LogP contribution >= 0.6 is 23.6 Å². The summed E-state index contributed by atoms with van der Waals surface area (Å²) in [5.74, 6) is 0. The van der Waals surface area contributed by atoms with E-state index in [4.69, 9.17) is 18.0 Å². The van der Waals surface area contributed by atoms with E-state index in [2.05, 4.69) is 0 Å². The van der Waals surface area contributed by atoms with Gasteiger partial charge < -0.3 is 5.73 Å². The Balaban J connectivity index is 2.21. The molecule has 2 N–H and O–H groups in total. The Morgan fingerprint density at radius 2 is 2.22 bits per heavy atom. The predicted octanol–water partition coefficient (Wildman–Crippen LogP) is 1.89. The summed E-state index contributed by atoms with van der Waals surface area (Å²) in [6, 6.07) is 3.63. The number of thiocarbonyl (C=S) groups is 1. The van der Waals surface area contributed by atoms with Gasteiger partial charge in [0, 0.05) is 23.9 Å². The Kier molecular flexibility index (Phi) is 4.05. The zero-order chi connectivity index (χ0) is 13.3. The third-order valence-electron chi connectivity index (χ3n) is 2.81. The van der Waals surface area contributed by atoms with Crippen molar-refractivity contribution in [3.8, 4) is 0 Å². The summed E-state index contributed by atoms with van der Waals surface area (Å²) in [6.07, 6.45) is 2.30. The van der Waals surface area contributed by atoms with E-state index in [0.717, 1.165) is 17.7 Å². The van der Waals surface area contributed by atoms with Gasteiger partial charge in [-0.2, -0.15) is 4.31 Å². The van der Waals surface area contributed by atoms with E-state index < -0.39 is 10.0 Å². The summed E-state index contributed by atoms with van der Waals surface area (Å²) in [5, 5.41) is 0. The molecule has 18 heavy (non-hydrogen) atoms. The normalized spacial score (nSPS) is 16.1. The molecule has 7 heteroatoms. The van der Waals surface area contributed by atoms with Crippen LogP contribution in [0.4, 0.5) is 0 Å². The quantitative estimate of drug-likeness (QED) is 0.815. The molecule has 0 aliphatic heterocycles. The summed E-state index contributed by atoms with van der Waals surface area (Å²) >= 11 is 6.13. The van der Waals surface area contributed by atoms with E-state index in [-0.39, 0.29) is 6.04 Å². The number of thiophene rings is 1. The van der Waals surface area contributed by atoms with E-state index in [1.807, 2.05) is 13.0 Å². The van der Waals surface area contributed by atoms with Crippen LogP contribution in [0.15, 0.2) is 16.3 Å². The van der Waals surface area contributed by atoms with Gasteiger partial charge in [0.25, 0.3) is 10.0 Å². The van der Waals surface area contributed by atoms with Gasteiger partial charge in [-0.05, 0) is 31.9 Å². The number of nitrogens with zero attached hydrogens (tertiary/aromatic N) is 1. The SMILES string of the molecule is Cc1ccc(S(=O)(=O)N(CCC(N)=S)C2CC2)s1. The highest BCUT2D eigenvalue weighted by Gasteiger charge is 2.38. The van der Waals surface area contributed by atoms with Crippen molar-refractivity contribution in [2.24, 2.45) is 5.73 Å². The summed E-state index contributed by atoms with van der Waals surface area (Å²) in [5.41, 5.74) is 5.46. The molecule has 1 heterocycles. The van der Waals surface area contributed by atoms with E-state index >= 15 is 0 Å². The first-order valence-corrected chi connectivity index (χ1v) is 8.44. The van der Waals surface area contributed by atoms with Crippen LogP contribution in [0.3, 0.4) is 0 Å². The standard InChI is InChI=1S/C11H16N2O2S3/c1-8-2-5-11(17-8)18(14,15)13(9-3-4-9)7-6-10(12)16/h2,5,9H,3-4,6-7H2,1H3,(H2,12,16). The molecule has 0 spiro atoms. The zero-order valence-corrected chi connectivity index (χ0v) is 12.6. The van der Waals surface area contributed by atoms with Gasteiger partial charge in [-0.15, -0.1) is 11.3 Å². The fourth-order valence-electron chi connectivity index (χ4n) is 1.75. The lowest BCUT2D eigenvalue weighted by Gasteiger charge is -2.20. The van der Waals surface area contributed by atoms with Crippen LogP contribution in [0.2, 0.25) is 0 Å². The molecule has 2 rings (SSSR count). The van der Waals surface area contributed by atoms with E-state index in [1.54, 1.807) is 10.4 Å². The van der Waals surface area contributed by atoms with E-state index in [1.165, 1.54) is 11.3 Å². The molecule has 1 aromatic heterocycles. The molecule has 0 atom stereocenters. The molecule has 0 bridgehead atoms. The lowest BCUT2D eigenvalue weighted by atomic mass is 10.4. The van der Waals surface area contributed by atoms with Crippen LogP contribution in [0, 0.1) is 6.92 Å². The van der Waals surface area contributed by atoms with Crippen LogP contribution in [-0.4, -0.2) is 30.3 Å². The van der Waals surface area contributed by atoms with Gasteiger partial charge in [-0.1, -0.05) is 12.2 Å². The van der Waals surface area contributed by atoms with Crippen molar-refractivity contribution >= 4 is 38.6 Å². The number of hydrogen-bond acceptors (Lipinski definition) is 4. The first-order chi connectivity index (χ1) is 8.41. The van der Waals surface area contributed by atoms with Gasteiger partial charge in [0.15, 0.2) is 0 Å². The first kappa shape index (κ1) is 13.9. The highest BCUT2D eigenvalue weighted by Crippen LogP contribution is 2.34. The first-order valence-electron chi connectivity index (χ1n) is 5.78. The summed E-state index contributed by atoms with van der Waals surface area (Å²) in [7, 11) is -3.38. The van der Waals surface area contributed by atoms with Gasteiger partial charge in [-0.3, -0.25) is 0 Å². The van der Waals surface area contributed by atoms with Gasteiger partial charge in [0.1, 0.15) is 4.21 Å². The second-order valence-corrected chi connectivity index (χ2v) is 8.36. The van der Waals surface area contributed by atoms with Gasteiger partial charge in [-0.25, -0.2) is 8.42 Å². The Morgan fingerprint density at radius 3 is 2.67 bits per heavy atom.